The Hall–Kier alpha value is 0.100. The van der Waals surface area contributed by atoms with Gasteiger partial charge in [-0.05, 0) is 53.7 Å². The van der Waals surface area contributed by atoms with Crippen molar-refractivity contribution in [3.8, 4) is 0 Å². The molecule has 2 unspecified atom stereocenters. The average Bonchev–Trinajstić information content (AvgIpc) is 2.86. The van der Waals surface area contributed by atoms with Gasteiger partial charge in [0.2, 0.25) is 0 Å². The largest absolute Gasteiger partial charge is 0.381 e. The van der Waals surface area contributed by atoms with Crippen molar-refractivity contribution in [3.63, 3.8) is 0 Å². The third-order valence-corrected chi connectivity index (χ3v) is 5.32. The Morgan fingerprint density at radius 2 is 2.50 bits per heavy atom. The first-order chi connectivity index (χ1) is 7.66. The summed E-state index contributed by atoms with van der Waals surface area (Å²) in [7, 11) is 0. The van der Waals surface area contributed by atoms with Gasteiger partial charge in [0.05, 0.1) is 10.4 Å². The average molecular weight is 304 g/mol. The van der Waals surface area contributed by atoms with Crippen LogP contribution >= 0.6 is 27.3 Å². The zero-order chi connectivity index (χ0) is 11.5. The number of rotatable bonds is 4. The van der Waals surface area contributed by atoms with Crippen molar-refractivity contribution in [1.82, 2.24) is 5.32 Å². The summed E-state index contributed by atoms with van der Waals surface area (Å²) in [5, 5.41) is 3.59. The van der Waals surface area contributed by atoms with Gasteiger partial charge >= 0.3 is 0 Å². The van der Waals surface area contributed by atoms with Gasteiger partial charge < -0.3 is 10.1 Å². The number of nitrogens with one attached hydrogen (secondary N) is 1. The topological polar surface area (TPSA) is 21.3 Å². The number of hydrogen-bond acceptors (Lipinski definition) is 3. The van der Waals surface area contributed by atoms with Crippen LogP contribution in [0.2, 0.25) is 0 Å². The Labute approximate surface area is 110 Å². The Morgan fingerprint density at radius 3 is 3.06 bits per heavy atom. The predicted molar refractivity (Wildman–Crippen MR) is 72.0 cm³/mol. The molecule has 90 valence electrons. The number of thiophene rings is 1. The molecule has 1 saturated heterocycles. The maximum absolute atomic E-state index is 5.41. The summed E-state index contributed by atoms with van der Waals surface area (Å²) in [5.74, 6) is 0.685. The highest BCUT2D eigenvalue weighted by atomic mass is 79.9. The SMILES string of the molecule is Cc1cc(CNC(C)C2CCOC2)sc1Br. The van der Waals surface area contributed by atoms with Gasteiger partial charge in [-0.2, -0.15) is 0 Å². The van der Waals surface area contributed by atoms with Crippen LogP contribution in [0, 0.1) is 12.8 Å². The van der Waals surface area contributed by atoms with E-state index in [-0.39, 0.29) is 0 Å². The fourth-order valence-corrected chi connectivity index (χ4v) is 3.57. The monoisotopic (exact) mass is 303 g/mol. The molecule has 0 bridgehead atoms. The Bertz CT molecular complexity index is 327. The highest BCUT2D eigenvalue weighted by Gasteiger charge is 2.21. The van der Waals surface area contributed by atoms with Crippen LogP contribution in [0.5, 0.6) is 0 Å². The summed E-state index contributed by atoms with van der Waals surface area (Å²) in [5.41, 5.74) is 1.33. The smallest absolute Gasteiger partial charge is 0.0730 e. The van der Waals surface area contributed by atoms with E-state index in [0.717, 1.165) is 19.8 Å². The second-order valence-corrected chi connectivity index (χ2v) is 6.92. The van der Waals surface area contributed by atoms with Gasteiger partial charge in [-0.1, -0.05) is 0 Å². The lowest BCUT2D eigenvalue weighted by Crippen LogP contribution is -2.33. The van der Waals surface area contributed by atoms with Crippen molar-refractivity contribution in [3.05, 3.63) is 20.3 Å². The molecule has 0 aliphatic carbocycles. The van der Waals surface area contributed by atoms with E-state index in [2.05, 4.69) is 41.2 Å². The van der Waals surface area contributed by atoms with E-state index < -0.39 is 0 Å². The van der Waals surface area contributed by atoms with Crippen LogP contribution < -0.4 is 5.32 Å². The van der Waals surface area contributed by atoms with Crippen LogP contribution in [0.3, 0.4) is 0 Å². The van der Waals surface area contributed by atoms with Crippen LogP contribution in [0.1, 0.15) is 23.8 Å². The molecule has 0 radical (unpaired) electrons. The van der Waals surface area contributed by atoms with Crippen molar-refractivity contribution in [1.29, 1.82) is 0 Å². The zero-order valence-corrected chi connectivity index (χ0v) is 12.2. The van der Waals surface area contributed by atoms with E-state index in [1.807, 2.05) is 11.3 Å². The first-order valence-corrected chi connectivity index (χ1v) is 7.33. The molecule has 0 aromatic carbocycles. The van der Waals surface area contributed by atoms with Gasteiger partial charge in [0.15, 0.2) is 0 Å². The molecule has 1 aromatic heterocycles. The van der Waals surface area contributed by atoms with Gasteiger partial charge in [-0.15, -0.1) is 11.3 Å². The van der Waals surface area contributed by atoms with E-state index >= 15 is 0 Å². The molecule has 1 fully saturated rings. The third kappa shape index (κ3) is 3.06. The fraction of sp³-hybridized carbons (Fsp3) is 0.667. The van der Waals surface area contributed by atoms with E-state index in [1.165, 1.54) is 20.6 Å². The molecule has 2 heterocycles. The molecule has 2 rings (SSSR count). The van der Waals surface area contributed by atoms with Crippen molar-refractivity contribution >= 4 is 27.3 Å². The lowest BCUT2D eigenvalue weighted by atomic mass is 10.0. The minimum absolute atomic E-state index is 0.545. The second kappa shape index (κ2) is 5.63. The summed E-state index contributed by atoms with van der Waals surface area (Å²) >= 11 is 5.38. The molecule has 1 aliphatic rings. The lowest BCUT2D eigenvalue weighted by Gasteiger charge is -2.18. The van der Waals surface area contributed by atoms with Crippen molar-refractivity contribution in [2.75, 3.05) is 13.2 Å². The predicted octanol–water partition coefficient (Wildman–Crippen LogP) is 3.33. The molecule has 4 heteroatoms. The number of ether oxygens (including phenoxy) is 1. The van der Waals surface area contributed by atoms with Gasteiger partial charge in [0, 0.05) is 24.1 Å². The molecule has 2 atom stereocenters. The highest BCUT2D eigenvalue weighted by molar-refractivity contribution is 9.11. The van der Waals surface area contributed by atoms with Crippen molar-refractivity contribution in [2.24, 2.45) is 5.92 Å². The minimum atomic E-state index is 0.545. The Balaban J connectivity index is 1.82. The summed E-state index contributed by atoms with van der Waals surface area (Å²) in [6.07, 6.45) is 1.20. The summed E-state index contributed by atoms with van der Waals surface area (Å²) < 4.78 is 6.66. The van der Waals surface area contributed by atoms with Crippen LogP contribution in [-0.4, -0.2) is 19.3 Å². The molecule has 1 aromatic rings. The molecule has 16 heavy (non-hydrogen) atoms. The van der Waals surface area contributed by atoms with Crippen molar-refractivity contribution in [2.45, 2.75) is 32.9 Å². The zero-order valence-electron chi connectivity index (χ0n) is 9.75. The molecular weight excluding hydrogens is 286 g/mol. The fourth-order valence-electron chi connectivity index (χ4n) is 1.99. The van der Waals surface area contributed by atoms with Gasteiger partial charge in [-0.3, -0.25) is 0 Å². The summed E-state index contributed by atoms with van der Waals surface area (Å²) in [6, 6.07) is 2.79. The van der Waals surface area contributed by atoms with Gasteiger partial charge in [0.1, 0.15) is 0 Å². The van der Waals surface area contributed by atoms with E-state index in [0.29, 0.717) is 12.0 Å². The number of aryl methyl sites for hydroxylation is 1. The normalized spacial score (nSPS) is 22.6. The van der Waals surface area contributed by atoms with E-state index in [1.54, 1.807) is 0 Å². The Kier molecular flexibility index (Phi) is 4.41. The summed E-state index contributed by atoms with van der Waals surface area (Å²) in [4.78, 5) is 1.40. The standard InChI is InChI=1S/C12H18BrNOS/c1-8-5-11(16-12(8)13)6-14-9(2)10-3-4-15-7-10/h5,9-10,14H,3-4,6-7H2,1-2H3. The molecule has 1 aliphatic heterocycles. The molecular formula is C12H18BrNOS. The maximum atomic E-state index is 5.41. The van der Waals surface area contributed by atoms with Crippen molar-refractivity contribution < 1.29 is 4.74 Å². The molecule has 2 nitrogen and oxygen atoms in total. The van der Waals surface area contributed by atoms with E-state index in [9.17, 15) is 0 Å². The van der Waals surface area contributed by atoms with Crippen LogP contribution in [0.4, 0.5) is 0 Å². The highest BCUT2D eigenvalue weighted by Crippen LogP contribution is 2.27. The van der Waals surface area contributed by atoms with Gasteiger partial charge in [-0.25, -0.2) is 0 Å². The number of halogens is 1. The molecule has 1 N–H and O–H groups in total. The van der Waals surface area contributed by atoms with Gasteiger partial charge in [0.25, 0.3) is 0 Å². The first kappa shape index (κ1) is 12.6. The lowest BCUT2D eigenvalue weighted by molar-refractivity contribution is 0.178. The quantitative estimate of drug-likeness (QED) is 0.921. The number of hydrogen-bond donors (Lipinski definition) is 1. The first-order valence-electron chi connectivity index (χ1n) is 5.72. The van der Waals surface area contributed by atoms with E-state index in [4.69, 9.17) is 4.74 Å². The maximum Gasteiger partial charge on any atom is 0.0730 e. The minimum Gasteiger partial charge on any atom is -0.381 e. The third-order valence-electron chi connectivity index (χ3n) is 3.18. The van der Waals surface area contributed by atoms with Crippen LogP contribution in [-0.2, 0) is 11.3 Å². The second-order valence-electron chi connectivity index (χ2n) is 4.46. The van der Waals surface area contributed by atoms with Crippen LogP contribution in [0.25, 0.3) is 0 Å². The molecule has 0 spiro atoms. The summed E-state index contributed by atoms with van der Waals surface area (Å²) in [6.45, 7) is 7.21. The molecule has 0 amide bonds. The Morgan fingerprint density at radius 1 is 1.69 bits per heavy atom. The molecule has 0 saturated carbocycles. The van der Waals surface area contributed by atoms with Crippen LogP contribution in [0.15, 0.2) is 9.85 Å².